The van der Waals surface area contributed by atoms with Crippen LogP contribution in [0.25, 0.3) is 0 Å². The van der Waals surface area contributed by atoms with Gasteiger partial charge < -0.3 is 5.32 Å². The second kappa shape index (κ2) is 8.39. The highest BCUT2D eigenvalue weighted by atomic mass is 35.5. The highest BCUT2D eigenvalue weighted by Crippen LogP contribution is 2.24. The van der Waals surface area contributed by atoms with E-state index in [-0.39, 0.29) is 35.4 Å². The lowest BCUT2D eigenvalue weighted by Gasteiger charge is -2.12. The minimum Gasteiger partial charge on any atom is -0.353 e. The van der Waals surface area contributed by atoms with Crippen LogP contribution in [0.2, 0.25) is 5.02 Å². The third kappa shape index (κ3) is 5.82. The van der Waals surface area contributed by atoms with Gasteiger partial charge in [-0.2, -0.15) is 0 Å². The number of nitrogens with one attached hydrogen (secondary N) is 3. The first kappa shape index (κ1) is 21.0. The lowest BCUT2D eigenvalue weighted by atomic mass is 10.2. The number of alkyl halides is 2. The quantitative estimate of drug-likeness (QED) is 0.621. The Morgan fingerprint density at radius 1 is 1.38 bits per heavy atom. The van der Waals surface area contributed by atoms with Crippen molar-refractivity contribution >= 4 is 39.9 Å². The average molecular weight is 404 g/mol. The van der Waals surface area contributed by atoms with Crippen LogP contribution >= 0.6 is 24.0 Å². The van der Waals surface area contributed by atoms with Gasteiger partial charge in [-0.15, -0.1) is 12.4 Å². The van der Waals surface area contributed by atoms with Gasteiger partial charge in [0.05, 0.1) is 17.5 Å². The number of halogens is 4. The van der Waals surface area contributed by atoms with Crippen LogP contribution in [0.5, 0.6) is 0 Å². The van der Waals surface area contributed by atoms with Gasteiger partial charge >= 0.3 is 0 Å². The molecular weight excluding hydrogens is 387 g/mol. The molecule has 1 aliphatic heterocycles. The number of sulfonamides is 1. The minimum atomic E-state index is -3.74. The molecule has 1 unspecified atom stereocenters. The first-order valence-electron chi connectivity index (χ1n) is 6.84. The fraction of sp³-hybridized carbons (Fsp3) is 0.462. The Hall–Kier alpha value is -1.00. The molecule has 6 nitrogen and oxygen atoms in total. The van der Waals surface area contributed by atoms with Gasteiger partial charge in [0.2, 0.25) is 15.9 Å². The molecule has 1 heterocycles. The third-order valence-electron chi connectivity index (χ3n) is 3.25. The number of hydrogen-bond donors (Lipinski definition) is 3. The summed E-state index contributed by atoms with van der Waals surface area (Å²) in [4.78, 5) is 11.7. The van der Waals surface area contributed by atoms with Crippen molar-refractivity contribution in [3.8, 4) is 0 Å². The molecule has 2 rings (SSSR count). The fourth-order valence-electron chi connectivity index (χ4n) is 2.11. The van der Waals surface area contributed by atoms with Gasteiger partial charge in [-0.3, -0.25) is 10.1 Å². The standard InChI is InChI=1S/C13H16ClF2N3O3S.ClH/c14-9-2-1-3-10(6-9)23(21,22)19-5-4-17-12(20)11-7-13(15,16)8-18-11;/h1-3,6,11,18-19H,4-5,7-8H2,(H,17,20);1H. The Morgan fingerprint density at radius 2 is 2.08 bits per heavy atom. The molecule has 1 saturated heterocycles. The van der Waals surface area contributed by atoms with Crippen molar-refractivity contribution in [3.05, 3.63) is 29.3 Å². The molecule has 0 bridgehead atoms. The van der Waals surface area contributed by atoms with Gasteiger partial charge in [-0.1, -0.05) is 17.7 Å². The maximum atomic E-state index is 13.0. The topological polar surface area (TPSA) is 87.3 Å². The second-order valence-corrected chi connectivity index (χ2v) is 7.34. The van der Waals surface area contributed by atoms with Crippen molar-refractivity contribution in [2.45, 2.75) is 23.3 Å². The van der Waals surface area contributed by atoms with Gasteiger partial charge in [0.1, 0.15) is 0 Å². The molecule has 1 aromatic carbocycles. The Labute approximate surface area is 149 Å². The van der Waals surface area contributed by atoms with Crippen molar-refractivity contribution in [1.29, 1.82) is 0 Å². The molecule has 0 spiro atoms. The number of carbonyl (C=O) groups excluding carboxylic acids is 1. The van der Waals surface area contributed by atoms with Crippen LogP contribution < -0.4 is 15.4 Å². The maximum Gasteiger partial charge on any atom is 0.262 e. The zero-order valence-corrected chi connectivity index (χ0v) is 14.8. The van der Waals surface area contributed by atoms with E-state index in [0.29, 0.717) is 0 Å². The van der Waals surface area contributed by atoms with Crippen molar-refractivity contribution in [2.24, 2.45) is 0 Å². The van der Waals surface area contributed by atoms with Crippen LogP contribution in [0.15, 0.2) is 29.2 Å². The van der Waals surface area contributed by atoms with E-state index in [1.807, 2.05) is 0 Å². The first-order valence-corrected chi connectivity index (χ1v) is 8.70. The molecule has 136 valence electrons. The molecule has 1 atom stereocenters. The summed E-state index contributed by atoms with van der Waals surface area (Å²) in [6.45, 7) is -0.613. The monoisotopic (exact) mass is 403 g/mol. The first-order chi connectivity index (χ1) is 10.7. The summed E-state index contributed by atoms with van der Waals surface area (Å²) in [5, 5.41) is 5.12. The average Bonchev–Trinajstić information content (AvgIpc) is 2.84. The van der Waals surface area contributed by atoms with Crippen LogP contribution in [-0.4, -0.2) is 45.9 Å². The summed E-state index contributed by atoms with van der Waals surface area (Å²) in [5.41, 5.74) is 0. The van der Waals surface area contributed by atoms with E-state index in [4.69, 9.17) is 11.6 Å². The summed E-state index contributed by atoms with van der Waals surface area (Å²) in [6.07, 6.45) is -0.562. The van der Waals surface area contributed by atoms with Crippen LogP contribution in [0.1, 0.15) is 6.42 Å². The molecule has 24 heavy (non-hydrogen) atoms. The van der Waals surface area contributed by atoms with Crippen LogP contribution in [0, 0.1) is 0 Å². The van der Waals surface area contributed by atoms with E-state index >= 15 is 0 Å². The molecule has 0 saturated carbocycles. The van der Waals surface area contributed by atoms with E-state index in [1.165, 1.54) is 18.2 Å². The normalized spacial score (nSPS) is 19.5. The van der Waals surface area contributed by atoms with Gasteiger partial charge in [0.15, 0.2) is 0 Å². The van der Waals surface area contributed by atoms with Crippen molar-refractivity contribution in [2.75, 3.05) is 19.6 Å². The van der Waals surface area contributed by atoms with Gasteiger partial charge in [0.25, 0.3) is 5.92 Å². The predicted molar refractivity (Wildman–Crippen MR) is 88.3 cm³/mol. The summed E-state index contributed by atoms with van der Waals surface area (Å²) in [7, 11) is -3.74. The maximum absolute atomic E-state index is 13.0. The van der Waals surface area contributed by atoms with E-state index < -0.39 is 40.9 Å². The van der Waals surface area contributed by atoms with Crippen molar-refractivity contribution in [1.82, 2.24) is 15.4 Å². The number of benzene rings is 1. The lowest BCUT2D eigenvalue weighted by Crippen LogP contribution is -2.43. The smallest absolute Gasteiger partial charge is 0.262 e. The van der Waals surface area contributed by atoms with Crippen molar-refractivity contribution < 1.29 is 22.0 Å². The predicted octanol–water partition coefficient (Wildman–Crippen LogP) is 1.15. The molecule has 0 aromatic heterocycles. The van der Waals surface area contributed by atoms with E-state index in [1.54, 1.807) is 6.07 Å². The zero-order chi connectivity index (χ0) is 17.1. The third-order valence-corrected chi connectivity index (χ3v) is 4.94. The molecule has 1 amide bonds. The largest absolute Gasteiger partial charge is 0.353 e. The summed E-state index contributed by atoms with van der Waals surface area (Å²) in [5.74, 6) is -3.47. The molecule has 3 N–H and O–H groups in total. The van der Waals surface area contributed by atoms with Gasteiger partial charge in [-0.05, 0) is 18.2 Å². The molecule has 0 aliphatic carbocycles. The van der Waals surface area contributed by atoms with Gasteiger partial charge in [-0.25, -0.2) is 21.9 Å². The summed E-state index contributed by atoms with van der Waals surface area (Å²) in [6, 6.07) is 4.77. The summed E-state index contributed by atoms with van der Waals surface area (Å²) >= 11 is 5.73. The Bertz CT molecular complexity index is 689. The Morgan fingerprint density at radius 3 is 2.67 bits per heavy atom. The molecular formula is C13H17Cl2F2N3O3S. The molecule has 1 aliphatic rings. The van der Waals surface area contributed by atoms with E-state index in [2.05, 4.69) is 15.4 Å². The number of amides is 1. The number of hydrogen-bond acceptors (Lipinski definition) is 4. The van der Waals surface area contributed by atoms with Crippen molar-refractivity contribution in [3.63, 3.8) is 0 Å². The zero-order valence-electron chi connectivity index (χ0n) is 12.4. The molecule has 1 aromatic rings. The molecule has 1 fully saturated rings. The van der Waals surface area contributed by atoms with Gasteiger partial charge in [0, 0.05) is 24.5 Å². The molecule has 0 radical (unpaired) electrons. The van der Waals surface area contributed by atoms with Crippen LogP contribution in [0.4, 0.5) is 8.78 Å². The molecule has 11 heteroatoms. The van der Waals surface area contributed by atoms with E-state index in [0.717, 1.165) is 0 Å². The lowest BCUT2D eigenvalue weighted by molar-refractivity contribution is -0.123. The Balaban J connectivity index is 0.00000288. The minimum absolute atomic E-state index is 0. The highest BCUT2D eigenvalue weighted by Gasteiger charge is 2.42. The second-order valence-electron chi connectivity index (χ2n) is 5.14. The summed E-state index contributed by atoms with van der Waals surface area (Å²) < 4.78 is 52.2. The number of rotatable bonds is 6. The fourth-order valence-corrected chi connectivity index (χ4v) is 3.44. The van der Waals surface area contributed by atoms with Crippen LogP contribution in [0.3, 0.4) is 0 Å². The number of carbonyl (C=O) groups is 1. The van der Waals surface area contributed by atoms with E-state index in [9.17, 15) is 22.0 Å². The Kier molecular flexibility index (Phi) is 7.36. The van der Waals surface area contributed by atoms with Crippen LogP contribution in [-0.2, 0) is 14.8 Å². The highest BCUT2D eigenvalue weighted by molar-refractivity contribution is 7.89. The SMILES string of the molecule is Cl.O=C(NCCNS(=O)(=O)c1cccc(Cl)c1)C1CC(F)(F)CN1.